The van der Waals surface area contributed by atoms with Gasteiger partial charge in [-0.2, -0.15) is 0 Å². The Morgan fingerprint density at radius 2 is 2.22 bits per heavy atom. The highest BCUT2D eigenvalue weighted by molar-refractivity contribution is 5.98. The van der Waals surface area contributed by atoms with E-state index in [-0.39, 0.29) is 17.3 Å². The minimum Gasteiger partial charge on any atom is -0.383 e. The Morgan fingerprint density at radius 1 is 1.56 bits per heavy atom. The molecule has 1 rings (SSSR count). The second-order valence-electron chi connectivity index (χ2n) is 4.06. The highest BCUT2D eigenvalue weighted by atomic mass is 16.6. The van der Waals surface area contributed by atoms with Crippen LogP contribution in [0.25, 0.3) is 0 Å². The van der Waals surface area contributed by atoms with E-state index in [9.17, 15) is 14.9 Å². The molecule has 1 atom stereocenters. The lowest BCUT2D eigenvalue weighted by Crippen LogP contribution is -2.35. The van der Waals surface area contributed by atoms with Gasteiger partial charge >= 0.3 is 0 Å². The number of nitro benzene ring substituents is 1. The number of amides is 1. The second kappa shape index (κ2) is 6.11. The summed E-state index contributed by atoms with van der Waals surface area (Å²) < 4.78 is 4.89. The maximum atomic E-state index is 11.9. The zero-order valence-electron chi connectivity index (χ0n) is 10.6. The maximum Gasteiger partial charge on any atom is 0.285 e. The zero-order valence-corrected chi connectivity index (χ0v) is 10.6. The molecular formula is C12H16N2O4. The molecule has 0 aliphatic heterocycles. The van der Waals surface area contributed by atoms with Gasteiger partial charge < -0.3 is 10.1 Å². The molecule has 0 unspecified atom stereocenters. The van der Waals surface area contributed by atoms with Crippen LogP contribution in [0.2, 0.25) is 0 Å². The predicted octanol–water partition coefficient (Wildman–Crippen LogP) is 1.67. The first-order valence-electron chi connectivity index (χ1n) is 5.51. The number of hydrogen-bond acceptors (Lipinski definition) is 4. The smallest absolute Gasteiger partial charge is 0.285 e. The predicted molar refractivity (Wildman–Crippen MR) is 66.6 cm³/mol. The summed E-state index contributed by atoms with van der Waals surface area (Å²) in [6.07, 6.45) is 0. The van der Waals surface area contributed by atoms with Crippen molar-refractivity contribution in [3.63, 3.8) is 0 Å². The summed E-state index contributed by atoms with van der Waals surface area (Å²) in [5.41, 5.74) is 0.384. The highest BCUT2D eigenvalue weighted by Crippen LogP contribution is 2.22. The molecule has 1 amide bonds. The number of ether oxygens (including phenoxy) is 1. The summed E-state index contributed by atoms with van der Waals surface area (Å²) in [7, 11) is 1.53. The summed E-state index contributed by atoms with van der Waals surface area (Å²) in [5, 5.41) is 13.6. The summed E-state index contributed by atoms with van der Waals surface area (Å²) in [6.45, 7) is 3.72. The van der Waals surface area contributed by atoms with Gasteiger partial charge in [0.2, 0.25) is 0 Å². The number of aryl methyl sites for hydroxylation is 1. The van der Waals surface area contributed by atoms with E-state index in [0.29, 0.717) is 12.2 Å². The van der Waals surface area contributed by atoms with E-state index in [2.05, 4.69) is 5.32 Å². The van der Waals surface area contributed by atoms with Crippen LogP contribution in [-0.4, -0.2) is 30.6 Å². The fourth-order valence-electron chi connectivity index (χ4n) is 1.68. The molecule has 0 radical (unpaired) electrons. The normalized spacial score (nSPS) is 11.9. The molecule has 0 saturated carbocycles. The van der Waals surface area contributed by atoms with E-state index >= 15 is 0 Å². The summed E-state index contributed by atoms with van der Waals surface area (Å²) in [6, 6.07) is 4.47. The third kappa shape index (κ3) is 3.27. The molecule has 98 valence electrons. The lowest BCUT2D eigenvalue weighted by Gasteiger charge is -2.13. The molecule has 6 nitrogen and oxygen atoms in total. The second-order valence-corrected chi connectivity index (χ2v) is 4.06. The molecular weight excluding hydrogens is 236 g/mol. The number of para-hydroxylation sites is 1. The molecule has 0 aliphatic rings. The van der Waals surface area contributed by atoms with E-state index in [1.807, 2.05) is 0 Å². The number of nitrogens with one attached hydrogen (secondary N) is 1. The standard InChI is InChI=1S/C12H16N2O4/c1-8-5-4-6-10(11(8)14(16)17)12(15)13-9(2)7-18-3/h4-6,9H,7H2,1-3H3,(H,13,15)/t9-/m1/s1. The molecule has 0 saturated heterocycles. The average Bonchev–Trinajstić information content (AvgIpc) is 2.28. The first-order chi connectivity index (χ1) is 8.47. The molecule has 0 heterocycles. The zero-order chi connectivity index (χ0) is 13.7. The SMILES string of the molecule is COC[C@@H](C)NC(=O)c1cccc(C)c1[N+](=O)[O-]. The monoisotopic (exact) mass is 252 g/mol. The summed E-state index contributed by atoms with van der Waals surface area (Å²) in [4.78, 5) is 22.4. The number of carbonyl (C=O) groups excluding carboxylic acids is 1. The van der Waals surface area contributed by atoms with Gasteiger partial charge in [-0.1, -0.05) is 12.1 Å². The molecule has 6 heteroatoms. The first-order valence-corrected chi connectivity index (χ1v) is 5.51. The Kier molecular flexibility index (Phi) is 4.79. The van der Waals surface area contributed by atoms with Gasteiger partial charge in [-0.15, -0.1) is 0 Å². The van der Waals surface area contributed by atoms with Gasteiger partial charge in [-0.25, -0.2) is 0 Å². The van der Waals surface area contributed by atoms with Gasteiger partial charge in [0, 0.05) is 18.7 Å². The van der Waals surface area contributed by atoms with E-state index < -0.39 is 10.8 Å². The van der Waals surface area contributed by atoms with Crippen LogP contribution in [0.5, 0.6) is 0 Å². The molecule has 1 N–H and O–H groups in total. The van der Waals surface area contributed by atoms with Crippen LogP contribution < -0.4 is 5.32 Å². The summed E-state index contributed by atoms with van der Waals surface area (Å²) in [5.74, 6) is -0.463. The van der Waals surface area contributed by atoms with Crippen LogP contribution in [0.15, 0.2) is 18.2 Å². The molecule has 1 aromatic rings. The van der Waals surface area contributed by atoms with E-state index in [0.717, 1.165) is 0 Å². The lowest BCUT2D eigenvalue weighted by molar-refractivity contribution is -0.385. The average molecular weight is 252 g/mol. The van der Waals surface area contributed by atoms with Crippen molar-refractivity contribution >= 4 is 11.6 Å². The van der Waals surface area contributed by atoms with Crippen molar-refractivity contribution in [3.05, 3.63) is 39.4 Å². The Hall–Kier alpha value is -1.95. The quantitative estimate of drug-likeness (QED) is 0.638. The van der Waals surface area contributed by atoms with Crippen LogP contribution in [-0.2, 0) is 4.74 Å². The topological polar surface area (TPSA) is 81.5 Å². The van der Waals surface area contributed by atoms with Crippen molar-refractivity contribution in [2.24, 2.45) is 0 Å². The molecule has 0 aliphatic carbocycles. The first kappa shape index (κ1) is 14.1. The molecule has 0 bridgehead atoms. The fraction of sp³-hybridized carbons (Fsp3) is 0.417. The van der Waals surface area contributed by atoms with E-state index in [1.54, 1.807) is 26.0 Å². The number of hydrogen-bond donors (Lipinski definition) is 1. The van der Waals surface area contributed by atoms with Gasteiger partial charge in [0.05, 0.1) is 11.5 Å². The highest BCUT2D eigenvalue weighted by Gasteiger charge is 2.23. The van der Waals surface area contributed by atoms with Gasteiger partial charge in [0.1, 0.15) is 5.56 Å². The summed E-state index contributed by atoms with van der Waals surface area (Å²) >= 11 is 0. The molecule has 0 spiro atoms. The van der Waals surface area contributed by atoms with E-state index in [1.165, 1.54) is 13.2 Å². The molecule has 1 aromatic carbocycles. The minimum absolute atomic E-state index is 0.0722. The minimum atomic E-state index is -0.536. The Balaban J connectivity index is 2.99. The van der Waals surface area contributed by atoms with Gasteiger partial charge in [-0.05, 0) is 19.9 Å². The van der Waals surface area contributed by atoms with Crippen LogP contribution in [0, 0.1) is 17.0 Å². The van der Waals surface area contributed by atoms with Crippen molar-refractivity contribution in [2.45, 2.75) is 19.9 Å². The van der Waals surface area contributed by atoms with Crippen molar-refractivity contribution in [1.29, 1.82) is 0 Å². The van der Waals surface area contributed by atoms with Gasteiger partial charge in [-0.3, -0.25) is 14.9 Å². The van der Waals surface area contributed by atoms with Crippen molar-refractivity contribution in [1.82, 2.24) is 5.32 Å². The van der Waals surface area contributed by atoms with Crippen LogP contribution in [0.1, 0.15) is 22.8 Å². The van der Waals surface area contributed by atoms with Gasteiger partial charge in [0.25, 0.3) is 11.6 Å². The third-order valence-electron chi connectivity index (χ3n) is 2.46. The number of nitrogens with zero attached hydrogens (tertiary/aromatic N) is 1. The van der Waals surface area contributed by atoms with Gasteiger partial charge in [0.15, 0.2) is 0 Å². The van der Waals surface area contributed by atoms with Crippen LogP contribution in [0.3, 0.4) is 0 Å². The largest absolute Gasteiger partial charge is 0.383 e. The van der Waals surface area contributed by atoms with Crippen molar-refractivity contribution in [3.8, 4) is 0 Å². The number of methoxy groups -OCH3 is 1. The Morgan fingerprint density at radius 3 is 2.78 bits per heavy atom. The Bertz CT molecular complexity index is 459. The Labute approximate surface area is 105 Å². The number of carbonyl (C=O) groups is 1. The van der Waals surface area contributed by atoms with E-state index in [4.69, 9.17) is 4.74 Å². The van der Waals surface area contributed by atoms with Crippen molar-refractivity contribution in [2.75, 3.05) is 13.7 Å². The molecule has 0 aromatic heterocycles. The fourth-order valence-corrected chi connectivity index (χ4v) is 1.68. The number of benzene rings is 1. The van der Waals surface area contributed by atoms with Crippen LogP contribution >= 0.6 is 0 Å². The maximum absolute atomic E-state index is 11.9. The molecule has 0 fully saturated rings. The van der Waals surface area contributed by atoms with Crippen LogP contribution in [0.4, 0.5) is 5.69 Å². The molecule has 18 heavy (non-hydrogen) atoms. The third-order valence-corrected chi connectivity index (χ3v) is 2.46. The van der Waals surface area contributed by atoms with Crippen molar-refractivity contribution < 1.29 is 14.5 Å². The number of nitro groups is 1. The lowest BCUT2D eigenvalue weighted by atomic mass is 10.1. The number of rotatable bonds is 5.